The van der Waals surface area contributed by atoms with Crippen LogP contribution < -0.4 is 4.90 Å². The number of aromatic nitrogens is 2. The van der Waals surface area contributed by atoms with Crippen LogP contribution in [0.4, 0.5) is 5.82 Å². The molecule has 3 rings (SSSR count). The van der Waals surface area contributed by atoms with Gasteiger partial charge in [0.15, 0.2) is 0 Å². The third-order valence-electron chi connectivity index (χ3n) is 3.52. The van der Waals surface area contributed by atoms with E-state index in [2.05, 4.69) is 27.9 Å². The predicted molar refractivity (Wildman–Crippen MR) is 66.0 cm³/mol. The molecule has 0 amide bonds. The minimum Gasteiger partial charge on any atom is -0.371 e. The van der Waals surface area contributed by atoms with Gasteiger partial charge in [-0.25, -0.2) is 9.97 Å². The first-order valence-electron chi connectivity index (χ1n) is 6.39. The Morgan fingerprint density at radius 1 is 1.39 bits per heavy atom. The van der Waals surface area contributed by atoms with E-state index in [1.165, 1.54) is 19.2 Å². The number of anilines is 1. The van der Waals surface area contributed by atoms with Crippen molar-refractivity contribution >= 4 is 5.82 Å². The number of hydrogen-bond acceptors (Lipinski definition) is 5. The molecular formula is C13H16N4O. The number of nitriles is 1. The standard InChI is InChI=1S/C13H16N4O/c1-9-6-17(7-12(18-9)10-2-3-10)13-4-11(5-14)15-8-16-13/h4,8-10,12H,2-3,6-7H2,1H3/t9-,12-/m0/s1. The number of rotatable bonds is 2. The molecule has 0 spiro atoms. The molecule has 2 fully saturated rings. The zero-order chi connectivity index (χ0) is 12.5. The predicted octanol–water partition coefficient (Wildman–Crippen LogP) is 1.35. The molecule has 2 heterocycles. The van der Waals surface area contributed by atoms with Gasteiger partial charge in [-0.3, -0.25) is 0 Å². The molecule has 18 heavy (non-hydrogen) atoms. The van der Waals surface area contributed by atoms with Crippen molar-refractivity contribution in [3.63, 3.8) is 0 Å². The van der Waals surface area contributed by atoms with Crippen LogP contribution in [0.2, 0.25) is 0 Å². The fourth-order valence-electron chi connectivity index (χ4n) is 2.48. The monoisotopic (exact) mass is 244 g/mol. The average molecular weight is 244 g/mol. The Balaban J connectivity index is 1.79. The molecule has 0 bridgehead atoms. The summed E-state index contributed by atoms with van der Waals surface area (Å²) in [6.07, 6.45) is 4.54. The van der Waals surface area contributed by atoms with E-state index in [9.17, 15) is 0 Å². The second kappa shape index (κ2) is 4.54. The van der Waals surface area contributed by atoms with Gasteiger partial charge < -0.3 is 9.64 Å². The molecule has 0 aromatic carbocycles. The minimum atomic E-state index is 0.213. The Labute approximate surface area is 106 Å². The normalized spacial score (nSPS) is 27.9. The highest BCUT2D eigenvalue weighted by molar-refractivity contribution is 5.42. The van der Waals surface area contributed by atoms with Gasteiger partial charge in [-0.1, -0.05) is 0 Å². The first-order valence-corrected chi connectivity index (χ1v) is 6.39. The molecule has 2 aliphatic rings. The number of morpholine rings is 1. The molecule has 1 aromatic heterocycles. The zero-order valence-electron chi connectivity index (χ0n) is 10.4. The SMILES string of the molecule is C[C@H]1CN(c2cc(C#N)ncn2)C[C@@H](C2CC2)O1. The van der Waals surface area contributed by atoms with Gasteiger partial charge in [0.05, 0.1) is 12.2 Å². The van der Waals surface area contributed by atoms with Crippen molar-refractivity contribution in [1.29, 1.82) is 5.26 Å². The topological polar surface area (TPSA) is 62.0 Å². The summed E-state index contributed by atoms with van der Waals surface area (Å²) in [5.74, 6) is 1.55. The smallest absolute Gasteiger partial charge is 0.145 e. The van der Waals surface area contributed by atoms with Gasteiger partial charge in [-0.2, -0.15) is 5.26 Å². The Kier molecular flexibility index (Phi) is 2.88. The van der Waals surface area contributed by atoms with Crippen molar-refractivity contribution in [1.82, 2.24) is 9.97 Å². The maximum Gasteiger partial charge on any atom is 0.145 e. The highest BCUT2D eigenvalue weighted by Gasteiger charge is 2.37. The van der Waals surface area contributed by atoms with Gasteiger partial charge in [0.1, 0.15) is 23.9 Å². The highest BCUT2D eigenvalue weighted by Crippen LogP contribution is 2.37. The van der Waals surface area contributed by atoms with Gasteiger partial charge >= 0.3 is 0 Å². The van der Waals surface area contributed by atoms with Crippen molar-refractivity contribution in [2.45, 2.75) is 32.0 Å². The highest BCUT2D eigenvalue weighted by atomic mass is 16.5. The van der Waals surface area contributed by atoms with Crippen LogP contribution in [0.3, 0.4) is 0 Å². The summed E-state index contributed by atoms with van der Waals surface area (Å²) in [4.78, 5) is 10.4. The lowest BCUT2D eigenvalue weighted by Crippen LogP contribution is -2.47. The minimum absolute atomic E-state index is 0.213. The van der Waals surface area contributed by atoms with Crippen molar-refractivity contribution in [3.8, 4) is 6.07 Å². The van der Waals surface area contributed by atoms with Crippen LogP contribution in [0.25, 0.3) is 0 Å². The Bertz CT molecular complexity index is 480. The van der Waals surface area contributed by atoms with Crippen LogP contribution in [0.1, 0.15) is 25.5 Å². The van der Waals surface area contributed by atoms with E-state index < -0.39 is 0 Å². The summed E-state index contributed by atoms with van der Waals surface area (Å²) in [5.41, 5.74) is 0.419. The Hall–Kier alpha value is -1.67. The molecule has 5 heteroatoms. The molecule has 0 N–H and O–H groups in total. The Morgan fingerprint density at radius 2 is 2.22 bits per heavy atom. The fourth-order valence-corrected chi connectivity index (χ4v) is 2.48. The summed E-state index contributed by atoms with van der Waals surface area (Å²) in [6.45, 7) is 3.79. The molecule has 0 unspecified atom stereocenters. The van der Waals surface area contributed by atoms with E-state index >= 15 is 0 Å². The van der Waals surface area contributed by atoms with Gasteiger partial charge in [0.2, 0.25) is 0 Å². The second-order valence-corrected chi connectivity index (χ2v) is 5.10. The van der Waals surface area contributed by atoms with Crippen LogP contribution in [0.15, 0.2) is 12.4 Å². The first-order chi connectivity index (χ1) is 8.76. The lowest BCUT2D eigenvalue weighted by Gasteiger charge is -2.37. The van der Waals surface area contributed by atoms with Crippen LogP contribution >= 0.6 is 0 Å². The van der Waals surface area contributed by atoms with E-state index in [1.807, 2.05) is 0 Å². The van der Waals surface area contributed by atoms with Crippen molar-refractivity contribution in [3.05, 3.63) is 18.1 Å². The van der Waals surface area contributed by atoms with Crippen molar-refractivity contribution in [2.75, 3.05) is 18.0 Å². The molecule has 1 aliphatic heterocycles. The Morgan fingerprint density at radius 3 is 2.94 bits per heavy atom. The fraction of sp³-hybridized carbons (Fsp3) is 0.615. The van der Waals surface area contributed by atoms with Crippen LogP contribution in [0, 0.1) is 17.2 Å². The summed E-state index contributed by atoms with van der Waals surface area (Å²) >= 11 is 0. The summed E-state index contributed by atoms with van der Waals surface area (Å²) < 4.78 is 5.97. The van der Waals surface area contributed by atoms with Gasteiger partial charge in [-0.05, 0) is 25.7 Å². The molecule has 5 nitrogen and oxygen atoms in total. The molecule has 1 saturated heterocycles. The van der Waals surface area contributed by atoms with Crippen LogP contribution in [-0.4, -0.2) is 35.3 Å². The molecule has 94 valence electrons. The molecular weight excluding hydrogens is 228 g/mol. The lowest BCUT2D eigenvalue weighted by atomic mass is 10.1. The molecule has 1 aliphatic carbocycles. The summed E-state index contributed by atoms with van der Waals surface area (Å²) in [6, 6.07) is 3.81. The summed E-state index contributed by atoms with van der Waals surface area (Å²) in [7, 11) is 0. The summed E-state index contributed by atoms with van der Waals surface area (Å²) in [5, 5.41) is 8.88. The number of hydrogen-bond donors (Lipinski definition) is 0. The first kappa shape index (κ1) is 11.4. The third-order valence-corrected chi connectivity index (χ3v) is 3.52. The zero-order valence-corrected chi connectivity index (χ0v) is 10.4. The van der Waals surface area contributed by atoms with E-state index in [0.717, 1.165) is 18.9 Å². The van der Waals surface area contributed by atoms with Crippen molar-refractivity contribution in [2.24, 2.45) is 5.92 Å². The second-order valence-electron chi connectivity index (χ2n) is 5.10. The molecule has 1 aromatic rings. The van der Waals surface area contributed by atoms with Crippen molar-refractivity contribution < 1.29 is 4.74 Å². The number of ether oxygens (including phenoxy) is 1. The van der Waals surface area contributed by atoms with Gasteiger partial charge in [0.25, 0.3) is 0 Å². The molecule has 1 saturated carbocycles. The van der Waals surface area contributed by atoms with Crippen LogP contribution in [0.5, 0.6) is 0 Å². The maximum atomic E-state index is 8.88. The van der Waals surface area contributed by atoms with Crippen LogP contribution in [-0.2, 0) is 4.74 Å². The van der Waals surface area contributed by atoms with E-state index in [1.54, 1.807) is 6.07 Å². The number of nitrogens with zero attached hydrogens (tertiary/aromatic N) is 4. The maximum absolute atomic E-state index is 8.88. The molecule has 0 radical (unpaired) electrons. The van der Waals surface area contributed by atoms with E-state index in [0.29, 0.717) is 17.7 Å². The lowest BCUT2D eigenvalue weighted by molar-refractivity contribution is -0.0273. The third kappa shape index (κ3) is 2.29. The van der Waals surface area contributed by atoms with Gasteiger partial charge in [-0.15, -0.1) is 0 Å². The average Bonchev–Trinajstić information content (AvgIpc) is 3.22. The van der Waals surface area contributed by atoms with Gasteiger partial charge in [0, 0.05) is 19.2 Å². The quantitative estimate of drug-likeness (QED) is 0.786. The van der Waals surface area contributed by atoms with E-state index in [4.69, 9.17) is 10.00 Å². The molecule has 2 atom stereocenters. The largest absolute Gasteiger partial charge is 0.371 e. The van der Waals surface area contributed by atoms with E-state index in [-0.39, 0.29) is 6.10 Å².